The van der Waals surface area contributed by atoms with Crippen LogP contribution < -0.4 is 10.2 Å². The van der Waals surface area contributed by atoms with E-state index in [0.29, 0.717) is 15.7 Å². The highest BCUT2D eigenvalue weighted by atomic mass is 79.9. The van der Waals surface area contributed by atoms with Crippen molar-refractivity contribution >= 4 is 62.4 Å². The molecule has 1 saturated heterocycles. The molecule has 0 aliphatic carbocycles. The maximum absolute atomic E-state index is 13.1. The van der Waals surface area contributed by atoms with Crippen LogP contribution in [0.15, 0.2) is 64.8 Å². The Morgan fingerprint density at radius 3 is 2.66 bits per heavy atom. The van der Waals surface area contributed by atoms with Gasteiger partial charge in [-0.3, -0.25) is 19.7 Å². The number of amides is 4. The van der Waals surface area contributed by atoms with Crippen LogP contribution in [0, 0.1) is 0 Å². The second-order valence-electron chi connectivity index (χ2n) is 6.97. The quantitative estimate of drug-likeness (QED) is 0.331. The summed E-state index contributed by atoms with van der Waals surface area (Å²) in [6.07, 6.45) is 3.11. The molecule has 3 aromatic rings. The number of anilines is 1. The third kappa shape index (κ3) is 4.06. The van der Waals surface area contributed by atoms with Crippen LogP contribution in [-0.4, -0.2) is 35.0 Å². The number of nitrogens with one attached hydrogen (secondary N) is 1. The molecule has 0 atom stereocenters. The molecule has 8 nitrogen and oxygen atoms in total. The summed E-state index contributed by atoms with van der Waals surface area (Å²) in [5, 5.41) is 2.96. The summed E-state index contributed by atoms with van der Waals surface area (Å²) >= 11 is 3.32. The number of urea groups is 1. The van der Waals surface area contributed by atoms with E-state index in [1.54, 1.807) is 42.0 Å². The van der Waals surface area contributed by atoms with Gasteiger partial charge in [-0.2, -0.15) is 0 Å². The molecule has 32 heavy (non-hydrogen) atoms. The molecular weight excluding hydrogens is 478 g/mol. The van der Waals surface area contributed by atoms with E-state index in [1.807, 2.05) is 24.3 Å². The van der Waals surface area contributed by atoms with Crippen molar-refractivity contribution in [1.82, 2.24) is 9.88 Å². The van der Waals surface area contributed by atoms with Gasteiger partial charge in [-0.25, -0.2) is 9.69 Å². The standard InChI is InChI=1S/C23H18BrN3O5/c1-2-32-20(28)13-26-12-14(17-8-3-4-9-19(17)26)10-18-21(29)25-23(31)27(22(18)30)16-7-5-6-15(24)11-16/h3-12H,2,13H2,1H3,(H,25,29,31)/b18-10+. The van der Waals surface area contributed by atoms with Crippen molar-refractivity contribution < 1.29 is 23.9 Å². The summed E-state index contributed by atoms with van der Waals surface area (Å²) in [5.74, 6) is -1.92. The van der Waals surface area contributed by atoms with Gasteiger partial charge in [0.25, 0.3) is 11.8 Å². The molecule has 0 unspecified atom stereocenters. The number of barbiturate groups is 1. The molecular formula is C23H18BrN3O5. The molecule has 0 spiro atoms. The van der Waals surface area contributed by atoms with Gasteiger partial charge in [-0.15, -0.1) is 0 Å². The van der Waals surface area contributed by atoms with Gasteiger partial charge in [-0.1, -0.05) is 40.2 Å². The van der Waals surface area contributed by atoms with Gasteiger partial charge in [0.1, 0.15) is 12.1 Å². The number of benzene rings is 2. The first kappa shape index (κ1) is 21.5. The third-order valence-corrected chi connectivity index (χ3v) is 5.39. The normalized spacial score (nSPS) is 15.4. The first-order valence-corrected chi connectivity index (χ1v) is 10.6. The lowest BCUT2D eigenvalue weighted by atomic mass is 10.1. The van der Waals surface area contributed by atoms with Crippen molar-refractivity contribution in [1.29, 1.82) is 0 Å². The molecule has 2 aromatic carbocycles. The zero-order valence-corrected chi connectivity index (χ0v) is 18.6. The molecule has 0 radical (unpaired) electrons. The average molecular weight is 496 g/mol. The molecule has 0 saturated carbocycles. The SMILES string of the molecule is CCOC(=O)Cn1cc(/C=C2\C(=O)NC(=O)N(c3cccc(Br)c3)C2=O)c2ccccc21. The molecule has 162 valence electrons. The fourth-order valence-corrected chi connectivity index (χ4v) is 3.92. The van der Waals surface area contributed by atoms with E-state index in [-0.39, 0.29) is 18.7 Å². The Labute approximate surface area is 191 Å². The summed E-state index contributed by atoms with van der Waals surface area (Å²) < 4.78 is 7.41. The lowest BCUT2D eigenvalue weighted by Crippen LogP contribution is -2.54. The van der Waals surface area contributed by atoms with E-state index in [2.05, 4.69) is 21.2 Å². The maximum atomic E-state index is 13.1. The van der Waals surface area contributed by atoms with E-state index in [9.17, 15) is 19.2 Å². The van der Waals surface area contributed by atoms with E-state index in [0.717, 1.165) is 15.8 Å². The minimum absolute atomic E-state index is 0.0136. The summed E-state index contributed by atoms with van der Waals surface area (Å²) in [4.78, 5) is 51.0. The molecule has 4 rings (SSSR count). The Bertz CT molecular complexity index is 1290. The zero-order chi connectivity index (χ0) is 22.8. The molecule has 1 N–H and O–H groups in total. The molecule has 1 fully saturated rings. The molecule has 1 aromatic heterocycles. The highest BCUT2D eigenvalue weighted by molar-refractivity contribution is 9.10. The molecule has 4 amide bonds. The maximum Gasteiger partial charge on any atom is 0.335 e. The highest BCUT2D eigenvalue weighted by Crippen LogP contribution is 2.27. The predicted octanol–water partition coefficient (Wildman–Crippen LogP) is 3.63. The van der Waals surface area contributed by atoms with E-state index < -0.39 is 23.8 Å². The number of carbonyl (C=O) groups is 4. The summed E-state index contributed by atoms with van der Waals surface area (Å²) in [6.45, 7) is 1.98. The van der Waals surface area contributed by atoms with Crippen LogP contribution in [0.1, 0.15) is 12.5 Å². The lowest BCUT2D eigenvalue weighted by molar-refractivity contribution is -0.143. The second-order valence-corrected chi connectivity index (χ2v) is 7.89. The van der Waals surface area contributed by atoms with Crippen molar-refractivity contribution in [3.05, 3.63) is 70.3 Å². The first-order chi connectivity index (χ1) is 15.4. The first-order valence-electron chi connectivity index (χ1n) is 9.79. The van der Waals surface area contributed by atoms with Crippen LogP contribution in [0.3, 0.4) is 0 Å². The largest absolute Gasteiger partial charge is 0.465 e. The minimum Gasteiger partial charge on any atom is -0.465 e. The fourth-order valence-electron chi connectivity index (χ4n) is 3.53. The molecule has 1 aliphatic rings. The van der Waals surface area contributed by atoms with Crippen molar-refractivity contribution in [3.63, 3.8) is 0 Å². The van der Waals surface area contributed by atoms with Gasteiger partial charge in [0.2, 0.25) is 0 Å². The molecule has 9 heteroatoms. The number of esters is 1. The van der Waals surface area contributed by atoms with Crippen molar-refractivity contribution in [3.8, 4) is 0 Å². The van der Waals surface area contributed by atoms with Crippen molar-refractivity contribution in [2.75, 3.05) is 11.5 Å². The third-order valence-electron chi connectivity index (χ3n) is 4.89. The Kier molecular flexibility index (Phi) is 5.91. The molecule has 2 heterocycles. The number of imide groups is 2. The Hall–Kier alpha value is -3.72. The highest BCUT2D eigenvalue weighted by Gasteiger charge is 2.37. The van der Waals surface area contributed by atoms with Gasteiger partial charge >= 0.3 is 12.0 Å². The van der Waals surface area contributed by atoms with Crippen LogP contribution in [0.2, 0.25) is 0 Å². The summed E-state index contributed by atoms with van der Waals surface area (Å²) in [7, 11) is 0. The number of halogens is 1. The Morgan fingerprint density at radius 1 is 1.12 bits per heavy atom. The number of rotatable bonds is 5. The number of nitrogens with zero attached hydrogens (tertiary/aromatic N) is 2. The number of ether oxygens (including phenoxy) is 1. The second kappa shape index (κ2) is 8.80. The van der Waals surface area contributed by atoms with Gasteiger partial charge < -0.3 is 9.30 Å². The number of aromatic nitrogens is 1. The van der Waals surface area contributed by atoms with Crippen LogP contribution in [0.25, 0.3) is 17.0 Å². The number of para-hydroxylation sites is 1. The van der Waals surface area contributed by atoms with Crippen molar-refractivity contribution in [2.24, 2.45) is 0 Å². The smallest absolute Gasteiger partial charge is 0.335 e. The number of hydrogen-bond acceptors (Lipinski definition) is 5. The van der Waals surface area contributed by atoms with E-state index in [1.165, 1.54) is 6.08 Å². The van der Waals surface area contributed by atoms with Gasteiger partial charge in [0.15, 0.2) is 0 Å². The van der Waals surface area contributed by atoms with Gasteiger partial charge in [-0.05, 0) is 37.3 Å². The molecule has 0 bridgehead atoms. The monoisotopic (exact) mass is 495 g/mol. The van der Waals surface area contributed by atoms with Gasteiger partial charge in [0.05, 0.1) is 12.3 Å². The zero-order valence-electron chi connectivity index (χ0n) is 17.0. The average Bonchev–Trinajstić information content (AvgIpc) is 3.08. The topological polar surface area (TPSA) is 97.7 Å². The van der Waals surface area contributed by atoms with Crippen LogP contribution in [0.4, 0.5) is 10.5 Å². The molecule has 1 aliphatic heterocycles. The number of fused-ring (bicyclic) bond motifs is 1. The number of hydrogen-bond donors (Lipinski definition) is 1. The number of carbonyl (C=O) groups excluding carboxylic acids is 4. The Morgan fingerprint density at radius 2 is 1.91 bits per heavy atom. The summed E-state index contributed by atoms with van der Waals surface area (Å²) in [6, 6.07) is 13.1. The van der Waals surface area contributed by atoms with Crippen molar-refractivity contribution in [2.45, 2.75) is 13.5 Å². The summed E-state index contributed by atoms with van der Waals surface area (Å²) in [5.41, 5.74) is 1.44. The van der Waals surface area contributed by atoms with E-state index in [4.69, 9.17) is 4.74 Å². The van der Waals surface area contributed by atoms with Crippen LogP contribution in [-0.2, 0) is 25.7 Å². The van der Waals surface area contributed by atoms with E-state index >= 15 is 0 Å². The van der Waals surface area contributed by atoms with Crippen LogP contribution >= 0.6 is 15.9 Å². The van der Waals surface area contributed by atoms with Crippen LogP contribution in [0.5, 0.6) is 0 Å². The Balaban J connectivity index is 1.77. The predicted molar refractivity (Wildman–Crippen MR) is 122 cm³/mol. The van der Waals surface area contributed by atoms with Gasteiger partial charge in [0, 0.05) is 27.1 Å². The minimum atomic E-state index is -0.819. The lowest BCUT2D eigenvalue weighted by Gasteiger charge is -2.26. The fraction of sp³-hybridized carbons (Fsp3) is 0.130.